The third-order valence-corrected chi connectivity index (χ3v) is 10.4. The number of piperidine rings is 1. The molecule has 1 atom stereocenters. The van der Waals surface area contributed by atoms with Gasteiger partial charge in [0.1, 0.15) is 4.90 Å². The van der Waals surface area contributed by atoms with Gasteiger partial charge in [-0.15, -0.1) is 0 Å². The van der Waals surface area contributed by atoms with Crippen molar-refractivity contribution in [3.05, 3.63) is 22.7 Å². The highest BCUT2D eigenvalue weighted by Gasteiger charge is 2.38. The lowest BCUT2D eigenvalue weighted by atomic mass is 10.0. The molecule has 41 heavy (non-hydrogen) atoms. The smallest absolute Gasteiger partial charge is 0.475 e. The number of aliphatic carboxylic acids is 1. The first-order valence-corrected chi connectivity index (χ1v) is 15.9. The minimum Gasteiger partial charge on any atom is -0.475 e. The number of carbonyl (C=O) groups is 1. The van der Waals surface area contributed by atoms with E-state index in [0.29, 0.717) is 50.4 Å². The quantitative estimate of drug-likeness (QED) is 0.418. The van der Waals surface area contributed by atoms with Crippen LogP contribution in [-0.4, -0.2) is 111 Å². The minimum atomic E-state index is -5.08. The SMILES string of the molecule is CC(C)N1CCN(C2CCN(S(=O)(=O)c3ccc(Br)cc3N3CCC(CC(F)F)C3)CC2)CC1.O=C(O)C(F)(F)F. The van der Waals surface area contributed by atoms with E-state index in [9.17, 15) is 30.4 Å². The van der Waals surface area contributed by atoms with Crippen molar-refractivity contribution < 1.29 is 40.3 Å². The largest absolute Gasteiger partial charge is 0.490 e. The molecule has 3 heterocycles. The van der Waals surface area contributed by atoms with Gasteiger partial charge in [-0.3, -0.25) is 9.80 Å². The van der Waals surface area contributed by atoms with Crippen molar-refractivity contribution in [1.82, 2.24) is 14.1 Å². The number of carboxylic acids is 1. The summed E-state index contributed by atoms with van der Waals surface area (Å²) in [5.41, 5.74) is 0.623. The van der Waals surface area contributed by atoms with E-state index in [0.717, 1.165) is 43.5 Å². The minimum absolute atomic E-state index is 0.110. The number of nitrogens with zero attached hydrogens (tertiary/aromatic N) is 4. The third kappa shape index (κ3) is 9.22. The van der Waals surface area contributed by atoms with Crippen LogP contribution in [0.1, 0.15) is 39.5 Å². The van der Waals surface area contributed by atoms with Crippen LogP contribution < -0.4 is 4.90 Å². The topological polar surface area (TPSA) is 84.4 Å². The molecule has 8 nitrogen and oxygen atoms in total. The molecule has 0 amide bonds. The average Bonchev–Trinajstić information content (AvgIpc) is 3.36. The fourth-order valence-electron chi connectivity index (χ4n) is 5.66. The van der Waals surface area contributed by atoms with Crippen molar-refractivity contribution in [2.45, 2.75) is 69.1 Å². The van der Waals surface area contributed by atoms with Crippen molar-refractivity contribution in [2.24, 2.45) is 5.92 Å². The average molecular weight is 678 g/mol. The Labute approximate surface area is 246 Å². The van der Waals surface area contributed by atoms with Gasteiger partial charge in [-0.05, 0) is 57.2 Å². The zero-order valence-corrected chi connectivity index (χ0v) is 25.6. The van der Waals surface area contributed by atoms with Crippen LogP contribution in [0.3, 0.4) is 0 Å². The first kappa shape index (κ1) is 33.9. The van der Waals surface area contributed by atoms with Gasteiger partial charge in [0.15, 0.2) is 0 Å². The molecule has 1 aromatic rings. The second-order valence-corrected chi connectivity index (χ2v) is 13.8. The number of piperazine rings is 1. The summed E-state index contributed by atoms with van der Waals surface area (Å²) < 4.78 is 87.3. The molecule has 1 N–H and O–H groups in total. The molecule has 15 heteroatoms. The molecule has 4 rings (SSSR count). The lowest BCUT2D eigenvalue weighted by molar-refractivity contribution is -0.192. The predicted octanol–water partition coefficient (Wildman–Crippen LogP) is 4.74. The maximum absolute atomic E-state index is 13.7. The molecule has 3 aliphatic heterocycles. The van der Waals surface area contributed by atoms with E-state index in [4.69, 9.17) is 9.90 Å². The van der Waals surface area contributed by atoms with Gasteiger partial charge in [0.2, 0.25) is 16.4 Å². The van der Waals surface area contributed by atoms with E-state index in [1.165, 1.54) is 0 Å². The first-order valence-electron chi connectivity index (χ1n) is 13.7. The number of anilines is 1. The number of benzene rings is 1. The molecule has 0 bridgehead atoms. The van der Waals surface area contributed by atoms with Crippen LogP contribution in [-0.2, 0) is 14.8 Å². The van der Waals surface area contributed by atoms with E-state index in [1.54, 1.807) is 16.4 Å². The van der Waals surface area contributed by atoms with Gasteiger partial charge in [-0.25, -0.2) is 22.0 Å². The summed E-state index contributed by atoms with van der Waals surface area (Å²) in [6.45, 7) is 10.8. The van der Waals surface area contributed by atoms with Crippen molar-refractivity contribution >= 4 is 37.6 Å². The van der Waals surface area contributed by atoms with E-state index in [-0.39, 0.29) is 17.2 Å². The fraction of sp³-hybridized carbons (Fsp3) is 0.731. The molecular weight excluding hydrogens is 639 g/mol. The molecule has 0 aliphatic carbocycles. The van der Waals surface area contributed by atoms with Gasteiger partial charge in [0.25, 0.3) is 0 Å². The number of carboxylic acid groups (broad SMARTS) is 1. The molecule has 1 unspecified atom stereocenters. The van der Waals surface area contributed by atoms with Crippen LogP contribution >= 0.6 is 15.9 Å². The number of sulfonamides is 1. The second kappa shape index (κ2) is 14.3. The van der Waals surface area contributed by atoms with Crippen molar-refractivity contribution in [2.75, 3.05) is 57.3 Å². The number of rotatable bonds is 7. The summed E-state index contributed by atoms with van der Waals surface area (Å²) >= 11 is 3.46. The molecule has 0 radical (unpaired) electrons. The maximum Gasteiger partial charge on any atom is 0.490 e. The van der Waals surface area contributed by atoms with Gasteiger partial charge in [-0.1, -0.05) is 15.9 Å². The van der Waals surface area contributed by atoms with Gasteiger partial charge >= 0.3 is 12.1 Å². The standard InChI is InChI=1S/C24H37BrF2N4O2S.C2HF3O2/c1-18(2)28-11-13-29(14-12-28)21-6-9-31(10-7-21)34(32,33)23-4-3-20(25)16-22(23)30-8-5-19(17-30)15-24(26)27;3-2(4,5)1(6)7/h3-4,16,18-19,21,24H,5-15,17H2,1-2H3;(H,6,7). The van der Waals surface area contributed by atoms with E-state index in [1.807, 2.05) is 11.0 Å². The normalized spacial score (nSPS) is 22.3. The number of halogens is 6. The number of hydrogen-bond acceptors (Lipinski definition) is 6. The second-order valence-electron chi connectivity index (χ2n) is 10.9. The maximum atomic E-state index is 13.7. The monoisotopic (exact) mass is 676 g/mol. The number of alkyl halides is 5. The lowest BCUT2D eigenvalue weighted by Crippen LogP contribution is -2.54. The molecule has 0 saturated carbocycles. The summed E-state index contributed by atoms with van der Waals surface area (Å²) in [6, 6.07) is 6.23. The van der Waals surface area contributed by atoms with Crippen molar-refractivity contribution in [3.63, 3.8) is 0 Å². The molecule has 1 aromatic carbocycles. The summed E-state index contributed by atoms with van der Waals surface area (Å²) in [4.78, 5) is 16.2. The van der Waals surface area contributed by atoms with Gasteiger partial charge in [-0.2, -0.15) is 17.5 Å². The highest BCUT2D eigenvalue weighted by atomic mass is 79.9. The van der Waals surface area contributed by atoms with Crippen LogP contribution in [0.2, 0.25) is 0 Å². The molecular formula is C26H38BrF5N4O4S. The summed E-state index contributed by atoms with van der Waals surface area (Å²) in [7, 11) is -3.67. The Kier molecular flexibility index (Phi) is 11.8. The van der Waals surface area contributed by atoms with Crippen LogP contribution in [0.4, 0.5) is 27.6 Å². The highest BCUT2D eigenvalue weighted by Crippen LogP contribution is 2.36. The summed E-state index contributed by atoms with van der Waals surface area (Å²) in [5.74, 6) is -2.87. The Morgan fingerprint density at radius 3 is 2.12 bits per heavy atom. The Morgan fingerprint density at radius 2 is 1.61 bits per heavy atom. The fourth-order valence-corrected chi connectivity index (χ4v) is 7.67. The summed E-state index contributed by atoms with van der Waals surface area (Å²) in [5, 5.41) is 7.12. The predicted molar refractivity (Wildman–Crippen MR) is 149 cm³/mol. The molecule has 3 aliphatic rings. The van der Waals surface area contributed by atoms with Crippen LogP contribution in [0.5, 0.6) is 0 Å². The Balaban J connectivity index is 0.000000587. The van der Waals surface area contributed by atoms with Crippen LogP contribution in [0.25, 0.3) is 0 Å². The first-order chi connectivity index (χ1) is 19.1. The molecule has 234 valence electrons. The number of hydrogen-bond donors (Lipinski definition) is 1. The molecule has 3 fully saturated rings. The Morgan fingerprint density at radius 1 is 1.02 bits per heavy atom. The van der Waals surface area contributed by atoms with E-state index >= 15 is 0 Å². The molecule has 0 spiro atoms. The Bertz CT molecular complexity index is 1130. The van der Waals surface area contributed by atoms with Gasteiger partial charge in [0.05, 0.1) is 5.69 Å². The summed E-state index contributed by atoms with van der Waals surface area (Å²) in [6.07, 6.45) is -5.21. The van der Waals surface area contributed by atoms with E-state index in [2.05, 4.69) is 39.6 Å². The van der Waals surface area contributed by atoms with Gasteiger partial charge < -0.3 is 10.0 Å². The van der Waals surface area contributed by atoms with E-state index < -0.39 is 28.6 Å². The zero-order valence-electron chi connectivity index (χ0n) is 23.2. The van der Waals surface area contributed by atoms with Crippen LogP contribution in [0.15, 0.2) is 27.6 Å². The third-order valence-electron chi connectivity index (χ3n) is 7.94. The lowest BCUT2D eigenvalue weighted by Gasteiger charge is -2.43. The highest BCUT2D eigenvalue weighted by molar-refractivity contribution is 9.10. The van der Waals surface area contributed by atoms with Gasteiger partial charge in [0, 0.05) is 75.3 Å². The molecule has 3 saturated heterocycles. The zero-order chi connectivity index (χ0) is 30.5. The molecule has 0 aromatic heterocycles. The van der Waals surface area contributed by atoms with Crippen LogP contribution in [0, 0.1) is 5.92 Å². The Hall–Kier alpha value is -1.55. The van der Waals surface area contributed by atoms with Crippen molar-refractivity contribution in [1.29, 1.82) is 0 Å². The van der Waals surface area contributed by atoms with Crippen molar-refractivity contribution in [3.8, 4) is 0 Å².